The van der Waals surface area contributed by atoms with Crippen molar-refractivity contribution in [2.24, 2.45) is 5.92 Å². The standard InChI is InChI=1S/C17H21N5OS/c1-12(2)9-15-18-16(23-21-15)11-24-17-20-19-13(3)22(17)10-14-7-5-4-6-8-14/h4-8,12H,9-11H2,1-3H3. The van der Waals surface area contributed by atoms with Crippen molar-refractivity contribution in [3.63, 3.8) is 0 Å². The lowest BCUT2D eigenvalue weighted by Gasteiger charge is -2.07. The van der Waals surface area contributed by atoms with Crippen molar-refractivity contribution in [1.82, 2.24) is 24.9 Å². The van der Waals surface area contributed by atoms with Gasteiger partial charge in [0.25, 0.3) is 0 Å². The Morgan fingerprint density at radius 1 is 1.17 bits per heavy atom. The van der Waals surface area contributed by atoms with Crippen LogP contribution in [0.3, 0.4) is 0 Å². The number of aryl methyl sites for hydroxylation is 1. The van der Waals surface area contributed by atoms with Crippen LogP contribution in [-0.4, -0.2) is 24.9 Å². The van der Waals surface area contributed by atoms with E-state index in [-0.39, 0.29) is 0 Å². The molecule has 126 valence electrons. The lowest BCUT2D eigenvalue weighted by atomic mass is 10.1. The van der Waals surface area contributed by atoms with Crippen molar-refractivity contribution >= 4 is 11.8 Å². The Kier molecular flexibility index (Phi) is 5.30. The van der Waals surface area contributed by atoms with E-state index in [4.69, 9.17) is 4.52 Å². The Morgan fingerprint density at radius 2 is 1.96 bits per heavy atom. The van der Waals surface area contributed by atoms with Crippen LogP contribution in [0.1, 0.15) is 37.0 Å². The Morgan fingerprint density at radius 3 is 2.71 bits per heavy atom. The molecule has 1 aromatic carbocycles. The number of hydrogen-bond acceptors (Lipinski definition) is 6. The van der Waals surface area contributed by atoms with Gasteiger partial charge in [0.05, 0.1) is 12.3 Å². The van der Waals surface area contributed by atoms with Crippen LogP contribution in [0.4, 0.5) is 0 Å². The number of rotatable bonds is 7. The summed E-state index contributed by atoms with van der Waals surface area (Å²) in [6.07, 6.45) is 0.831. The molecule has 3 aromatic rings. The van der Waals surface area contributed by atoms with Gasteiger partial charge in [0.1, 0.15) is 5.82 Å². The number of benzene rings is 1. The molecule has 0 N–H and O–H groups in total. The van der Waals surface area contributed by atoms with E-state index in [0.29, 0.717) is 17.6 Å². The van der Waals surface area contributed by atoms with Gasteiger partial charge in [-0.2, -0.15) is 4.98 Å². The molecule has 0 radical (unpaired) electrons. The first kappa shape index (κ1) is 16.7. The Labute approximate surface area is 145 Å². The summed E-state index contributed by atoms with van der Waals surface area (Å²) in [6, 6.07) is 10.3. The van der Waals surface area contributed by atoms with Crippen molar-refractivity contribution in [3.05, 3.63) is 53.4 Å². The van der Waals surface area contributed by atoms with Crippen molar-refractivity contribution in [2.45, 2.75) is 44.6 Å². The highest BCUT2D eigenvalue weighted by atomic mass is 32.2. The zero-order chi connectivity index (χ0) is 16.9. The third-order valence-corrected chi connectivity index (χ3v) is 4.46. The molecule has 0 fully saturated rings. The van der Waals surface area contributed by atoms with Gasteiger partial charge in [0.2, 0.25) is 5.89 Å². The van der Waals surface area contributed by atoms with Gasteiger partial charge in [0.15, 0.2) is 11.0 Å². The molecule has 0 atom stereocenters. The van der Waals surface area contributed by atoms with Crippen molar-refractivity contribution in [2.75, 3.05) is 0 Å². The normalized spacial score (nSPS) is 11.3. The van der Waals surface area contributed by atoms with E-state index in [1.807, 2.05) is 25.1 Å². The maximum Gasteiger partial charge on any atom is 0.237 e. The first-order valence-electron chi connectivity index (χ1n) is 8.00. The highest BCUT2D eigenvalue weighted by molar-refractivity contribution is 7.98. The third kappa shape index (κ3) is 4.23. The summed E-state index contributed by atoms with van der Waals surface area (Å²) < 4.78 is 7.42. The van der Waals surface area contributed by atoms with Crippen molar-refractivity contribution in [3.8, 4) is 0 Å². The zero-order valence-corrected chi connectivity index (χ0v) is 15.0. The van der Waals surface area contributed by atoms with Crippen LogP contribution in [0, 0.1) is 12.8 Å². The largest absolute Gasteiger partial charge is 0.338 e. The first-order valence-corrected chi connectivity index (χ1v) is 8.98. The van der Waals surface area contributed by atoms with Crippen LogP contribution < -0.4 is 0 Å². The van der Waals surface area contributed by atoms with Crippen LogP contribution >= 0.6 is 11.8 Å². The fourth-order valence-corrected chi connectivity index (χ4v) is 3.16. The van der Waals surface area contributed by atoms with Crippen LogP contribution in [0.25, 0.3) is 0 Å². The second-order valence-electron chi connectivity index (χ2n) is 6.09. The van der Waals surface area contributed by atoms with Crippen LogP contribution in [-0.2, 0) is 18.7 Å². The Balaban J connectivity index is 1.66. The SMILES string of the molecule is Cc1nnc(SCc2nc(CC(C)C)no2)n1Cc1ccccc1. The zero-order valence-electron chi connectivity index (χ0n) is 14.1. The molecule has 0 amide bonds. The second-order valence-corrected chi connectivity index (χ2v) is 7.04. The second kappa shape index (κ2) is 7.61. The number of nitrogens with zero attached hydrogens (tertiary/aromatic N) is 5. The predicted molar refractivity (Wildman–Crippen MR) is 92.7 cm³/mol. The van der Waals surface area contributed by atoms with Crippen molar-refractivity contribution in [1.29, 1.82) is 0 Å². The molecule has 24 heavy (non-hydrogen) atoms. The van der Waals surface area contributed by atoms with E-state index >= 15 is 0 Å². The smallest absolute Gasteiger partial charge is 0.237 e. The van der Waals surface area contributed by atoms with Crippen LogP contribution in [0.15, 0.2) is 40.0 Å². The fourth-order valence-electron chi connectivity index (χ4n) is 2.34. The molecule has 6 nitrogen and oxygen atoms in total. The molecule has 0 aliphatic rings. The highest BCUT2D eigenvalue weighted by Gasteiger charge is 2.13. The van der Waals surface area contributed by atoms with E-state index in [0.717, 1.165) is 29.8 Å². The summed E-state index contributed by atoms with van der Waals surface area (Å²) in [6.45, 7) is 7.00. The van der Waals surface area contributed by atoms with Gasteiger partial charge in [0, 0.05) is 6.42 Å². The molecular weight excluding hydrogens is 322 g/mol. The molecule has 0 aliphatic heterocycles. The first-order chi connectivity index (χ1) is 11.6. The van der Waals surface area contributed by atoms with Gasteiger partial charge in [-0.25, -0.2) is 0 Å². The van der Waals surface area contributed by atoms with Gasteiger partial charge in [-0.1, -0.05) is 61.1 Å². The maximum absolute atomic E-state index is 5.31. The summed E-state index contributed by atoms with van der Waals surface area (Å²) in [5.74, 6) is 3.40. The molecule has 0 saturated carbocycles. The number of hydrogen-bond donors (Lipinski definition) is 0. The Hall–Kier alpha value is -2.15. The molecule has 0 bridgehead atoms. The summed E-state index contributed by atoms with van der Waals surface area (Å²) in [5.41, 5.74) is 1.22. The minimum absolute atomic E-state index is 0.514. The third-order valence-electron chi connectivity index (χ3n) is 3.51. The summed E-state index contributed by atoms with van der Waals surface area (Å²) in [5, 5.41) is 13.3. The minimum Gasteiger partial charge on any atom is -0.338 e. The molecular formula is C17H21N5OS. The highest BCUT2D eigenvalue weighted by Crippen LogP contribution is 2.22. The maximum atomic E-state index is 5.31. The number of thioether (sulfide) groups is 1. The van der Waals surface area contributed by atoms with Gasteiger partial charge in [-0.3, -0.25) is 0 Å². The van der Waals surface area contributed by atoms with E-state index in [1.54, 1.807) is 11.8 Å². The van der Waals surface area contributed by atoms with Gasteiger partial charge in [-0.05, 0) is 18.4 Å². The fraction of sp³-hybridized carbons (Fsp3) is 0.412. The summed E-state index contributed by atoms with van der Waals surface area (Å²) in [7, 11) is 0. The van der Waals surface area contributed by atoms with Gasteiger partial charge >= 0.3 is 0 Å². The van der Waals surface area contributed by atoms with Crippen LogP contribution in [0.2, 0.25) is 0 Å². The minimum atomic E-state index is 0.514. The molecule has 2 aromatic heterocycles. The van der Waals surface area contributed by atoms with Crippen molar-refractivity contribution < 1.29 is 4.52 Å². The molecule has 2 heterocycles. The molecule has 3 rings (SSSR count). The van der Waals surface area contributed by atoms with Gasteiger partial charge in [-0.15, -0.1) is 10.2 Å². The molecule has 0 saturated heterocycles. The van der Waals surface area contributed by atoms with E-state index in [9.17, 15) is 0 Å². The average Bonchev–Trinajstić information content (AvgIpc) is 3.14. The molecule has 0 spiro atoms. The van der Waals surface area contributed by atoms with E-state index in [1.165, 1.54) is 5.56 Å². The Bertz CT molecular complexity index is 781. The molecule has 7 heteroatoms. The van der Waals surface area contributed by atoms with E-state index in [2.05, 4.69) is 50.9 Å². The van der Waals surface area contributed by atoms with Gasteiger partial charge < -0.3 is 9.09 Å². The van der Waals surface area contributed by atoms with E-state index < -0.39 is 0 Å². The quantitative estimate of drug-likeness (QED) is 0.612. The number of aromatic nitrogens is 5. The molecule has 0 unspecified atom stereocenters. The topological polar surface area (TPSA) is 69.6 Å². The predicted octanol–water partition coefficient (Wildman–Crippen LogP) is 3.51. The molecule has 0 aliphatic carbocycles. The lowest BCUT2D eigenvalue weighted by Crippen LogP contribution is -2.04. The summed E-state index contributed by atoms with van der Waals surface area (Å²) >= 11 is 1.57. The monoisotopic (exact) mass is 343 g/mol. The average molecular weight is 343 g/mol. The van der Waals surface area contributed by atoms with Crippen LogP contribution in [0.5, 0.6) is 0 Å². The summed E-state index contributed by atoms with van der Waals surface area (Å²) in [4.78, 5) is 4.43. The lowest BCUT2D eigenvalue weighted by molar-refractivity contribution is 0.382.